The van der Waals surface area contributed by atoms with Gasteiger partial charge in [0.1, 0.15) is 0 Å². The molecular weight excluding hydrogens is 310 g/mol. The Morgan fingerprint density at radius 3 is 2.58 bits per heavy atom. The maximum atomic E-state index is 12.1. The van der Waals surface area contributed by atoms with Crippen molar-refractivity contribution in [2.75, 3.05) is 25.5 Å². The van der Waals surface area contributed by atoms with E-state index in [-0.39, 0.29) is 36.8 Å². The fourth-order valence-electron chi connectivity index (χ4n) is 2.49. The van der Waals surface area contributed by atoms with Gasteiger partial charge in [0, 0.05) is 17.8 Å². The topological polar surface area (TPSA) is 96.5 Å². The van der Waals surface area contributed by atoms with Crippen LogP contribution in [0.1, 0.15) is 36.0 Å². The van der Waals surface area contributed by atoms with E-state index in [9.17, 15) is 14.4 Å². The Hall–Kier alpha value is -2.41. The zero-order chi connectivity index (χ0) is 17.4. The Morgan fingerprint density at radius 2 is 1.96 bits per heavy atom. The zero-order valence-electron chi connectivity index (χ0n) is 13.8. The Kier molecular flexibility index (Phi) is 6.74. The van der Waals surface area contributed by atoms with E-state index in [0.29, 0.717) is 11.3 Å². The smallest absolute Gasteiger partial charge is 0.307 e. The van der Waals surface area contributed by atoms with Crippen LogP contribution in [0, 0.1) is 0 Å². The summed E-state index contributed by atoms with van der Waals surface area (Å²) in [7, 11) is 1.31. The van der Waals surface area contributed by atoms with E-state index in [4.69, 9.17) is 0 Å². The first-order valence-corrected chi connectivity index (χ1v) is 8.09. The third kappa shape index (κ3) is 5.34. The van der Waals surface area contributed by atoms with Crippen LogP contribution in [0.2, 0.25) is 0 Å². The molecule has 1 heterocycles. The molecule has 24 heavy (non-hydrogen) atoms. The fraction of sp³-hybridized carbons (Fsp3) is 0.471. The van der Waals surface area contributed by atoms with Crippen molar-refractivity contribution >= 4 is 23.5 Å². The lowest BCUT2D eigenvalue weighted by Crippen LogP contribution is -2.43. The first-order chi connectivity index (χ1) is 11.6. The number of nitrogens with one attached hydrogen (secondary N) is 3. The Balaban J connectivity index is 1.82. The van der Waals surface area contributed by atoms with Crippen molar-refractivity contribution < 1.29 is 19.1 Å². The molecule has 0 radical (unpaired) electrons. The van der Waals surface area contributed by atoms with Crippen LogP contribution in [0.3, 0.4) is 0 Å². The molecule has 2 rings (SSSR count). The van der Waals surface area contributed by atoms with Crippen LogP contribution in [0.25, 0.3) is 0 Å². The summed E-state index contributed by atoms with van der Waals surface area (Å²) in [5.74, 6) is -0.694. The van der Waals surface area contributed by atoms with E-state index in [1.807, 2.05) is 0 Å². The van der Waals surface area contributed by atoms with E-state index in [0.717, 1.165) is 25.8 Å². The molecule has 0 saturated carbocycles. The average molecular weight is 333 g/mol. The van der Waals surface area contributed by atoms with Gasteiger partial charge in [0.2, 0.25) is 5.91 Å². The number of benzene rings is 1. The first-order valence-electron chi connectivity index (χ1n) is 8.09. The van der Waals surface area contributed by atoms with Gasteiger partial charge in [-0.2, -0.15) is 0 Å². The van der Waals surface area contributed by atoms with Gasteiger partial charge in [-0.3, -0.25) is 14.4 Å². The van der Waals surface area contributed by atoms with Gasteiger partial charge in [-0.1, -0.05) is 6.42 Å². The summed E-state index contributed by atoms with van der Waals surface area (Å²) in [6.45, 7) is 1.08. The van der Waals surface area contributed by atoms with Gasteiger partial charge < -0.3 is 20.7 Å². The lowest BCUT2D eigenvalue weighted by Gasteiger charge is -2.22. The van der Waals surface area contributed by atoms with Gasteiger partial charge in [-0.25, -0.2) is 0 Å². The first kappa shape index (κ1) is 17.9. The van der Waals surface area contributed by atoms with Gasteiger partial charge in [-0.05, 0) is 43.7 Å². The number of anilines is 1. The van der Waals surface area contributed by atoms with Crippen LogP contribution in [0.4, 0.5) is 5.69 Å². The summed E-state index contributed by atoms with van der Waals surface area (Å²) in [5.41, 5.74) is 1.12. The van der Waals surface area contributed by atoms with Crippen molar-refractivity contribution in [3.05, 3.63) is 29.8 Å². The quantitative estimate of drug-likeness (QED) is 0.677. The van der Waals surface area contributed by atoms with Crippen LogP contribution in [-0.4, -0.2) is 44.0 Å². The highest BCUT2D eigenvalue weighted by Gasteiger charge is 2.20. The van der Waals surface area contributed by atoms with Gasteiger partial charge in [0.05, 0.1) is 19.6 Å². The highest BCUT2D eigenvalue weighted by atomic mass is 16.5. The molecule has 7 nitrogen and oxygen atoms in total. The zero-order valence-corrected chi connectivity index (χ0v) is 13.8. The van der Waals surface area contributed by atoms with Gasteiger partial charge in [0.25, 0.3) is 5.91 Å². The minimum absolute atomic E-state index is 0.0509. The third-order valence-corrected chi connectivity index (χ3v) is 3.88. The number of hydrogen-bond donors (Lipinski definition) is 3. The molecule has 2 amide bonds. The maximum absolute atomic E-state index is 12.1. The minimum Gasteiger partial charge on any atom is -0.469 e. The predicted molar refractivity (Wildman–Crippen MR) is 89.7 cm³/mol. The summed E-state index contributed by atoms with van der Waals surface area (Å²) in [6.07, 6.45) is 3.12. The number of amides is 2. The number of ether oxygens (including phenoxy) is 1. The molecule has 0 aromatic heterocycles. The second-order valence-corrected chi connectivity index (χ2v) is 5.65. The summed E-state index contributed by atoms with van der Waals surface area (Å²) in [6, 6.07) is 6.50. The second kappa shape index (κ2) is 9.02. The van der Waals surface area contributed by atoms with Crippen molar-refractivity contribution in [2.24, 2.45) is 0 Å². The summed E-state index contributed by atoms with van der Waals surface area (Å²) >= 11 is 0. The SMILES string of the molecule is COC(=O)CCNC(=O)c1ccc(NC(=O)C2CCCCN2)cc1. The van der Waals surface area contributed by atoms with Crippen LogP contribution < -0.4 is 16.0 Å². The van der Waals surface area contributed by atoms with E-state index in [1.165, 1.54) is 7.11 Å². The molecule has 0 bridgehead atoms. The number of carbonyl (C=O) groups is 3. The Morgan fingerprint density at radius 1 is 1.21 bits per heavy atom. The van der Waals surface area contributed by atoms with E-state index in [1.54, 1.807) is 24.3 Å². The Labute approximate surface area is 141 Å². The fourth-order valence-corrected chi connectivity index (χ4v) is 2.49. The maximum Gasteiger partial charge on any atom is 0.307 e. The largest absolute Gasteiger partial charge is 0.469 e. The van der Waals surface area contributed by atoms with E-state index in [2.05, 4.69) is 20.7 Å². The number of hydrogen-bond acceptors (Lipinski definition) is 5. The molecule has 0 spiro atoms. The predicted octanol–water partition coefficient (Wildman–Crippen LogP) is 1.06. The van der Waals surface area contributed by atoms with Gasteiger partial charge in [0.15, 0.2) is 0 Å². The molecular formula is C17H23N3O4. The van der Waals surface area contributed by atoms with Crippen LogP contribution >= 0.6 is 0 Å². The van der Waals surface area contributed by atoms with Crippen LogP contribution in [0.15, 0.2) is 24.3 Å². The number of carbonyl (C=O) groups excluding carboxylic acids is 3. The monoisotopic (exact) mass is 333 g/mol. The molecule has 7 heteroatoms. The lowest BCUT2D eigenvalue weighted by molar-refractivity contribution is -0.140. The molecule has 1 aromatic rings. The molecule has 1 fully saturated rings. The van der Waals surface area contributed by atoms with Crippen molar-refractivity contribution in [1.29, 1.82) is 0 Å². The molecule has 1 aliphatic heterocycles. The third-order valence-electron chi connectivity index (χ3n) is 3.88. The lowest BCUT2D eigenvalue weighted by atomic mass is 10.0. The Bertz CT molecular complexity index is 580. The van der Waals surface area contributed by atoms with Gasteiger partial charge >= 0.3 is 5.97 Å². The second-order valence-electron chi connectivity index (χ2n) is 5.65. The summed E-state index contributed by atoms with van der Waals surface area (Å²) < 4.78 is 4.50. The molecule has 1 saturated heterocycles. The van der Waals surface area contributed by atoms with Crippen LogP contribution in [-0.2, 0) is 14.3 Å². The molecule has 0 aliphatic carbocycles. The van der Waals surface area contributed by atoms with Crippen molar-refractivity contribution in [3.63, 3.8) is 0 Å². The normalized spacial score (nSPS) is 17.0. The number of esters is 1. The van der Waals surface area contributed by atoms with Crippen molar-refractivity contribution in [3.8, 4) is 0 Å². The minimum atomic E-state index is -0.371. The molecule has 1 atom stereocenters. The number of methoxy groups -OCH3 is 1. The highest BCUT2D eigenvalue weighted by molar-refractivity contribution is 5.97. The van der Waals surface area contributed by atoms with Crippen molar-refractivity contribution in [2.45, 2.75) is 31.7 Å². The van der Waals surface area contributed by atoms with Crippen LogP contribution in [0.5, 0.6) is 0 Å². The number of piperidine rings is 1. The molecule has 1 unspecified atom stereocenters. The number of rotatable bonds is 6. The summed E-state index contributed by atoms with van der Waals surface area (Å²) in [4.78, 5) is 35.0. The summed E-state index contributed by atoms with van der Waals surface area (Å²) in [5, 5.41) is 8.68. The van der Waals surface area contributed by atoms with E-state index < -0.39 is 0 Å². The van der Waals surface area contributed by atoms with Gasteiger partial charge in [-0.15, -0.1) is 0 Å². The molecule has 3 N–H and O–H groups in total. The molecule has 1 aromatic carbocycles. The molecule has 1 aliphatic rings. The van der Waals surface area contributed by atoms with Crippen molar-refractivity contribution in [1.82, 2.24) is 10.6 Å². The standard InChI is InChI=1S/C17H23N3O4/c1-24-15(21)9-11-19-16(22)12-5-7-13(8-6-12)20-17(23)14-4-2-3-10-18-14/h5-8,14,18H,2-4,9-11H2,1H3,(H,19,22)(H,20,23). The highest BCUT2D eigenvalue weighted by Crippen LogP contribution is 2.13. The van der Waals surface area contributed by atoms with E-state index >= 15 is 0 Å². The average Bonchev–Trinajstić information content (AvgIpc) is 2.62. The molecule has 130 valence electrons.